The van der Waals surface area contributed by atoms with Gasteiger partial charge >= 0.3 is 6.03 Å². The number of pyridine rings is 1. The SMILES string of the molecule is [C-]#[N+]c1ccc(-c2noc3c(Cl)c4c(nc23)CC2(C(=O)NC(=O)NC2=O)[C@H]2[C@H](C)O[C@H](C)CN42)cc1F. The third-order valence-electron chi connectivity index (χ3n) is 7.12. The molecular formula is C24H18ClFN6O5. The summed E-state index contributed by atoms with van der Waals surface area (Å²) < 4.78 is 25.9. The summed E-state index contributed by atoms with van der Waals surface area (Å²) in [6, 6.07) is 2.29. The third kappa shape index (κ3) is 3.17. The average Bonchev–Trinajstić information content (AvgIpc) is 3.26. The largest absolute Gasteiger partial charge is 0.372 e. The number of anilines is 1. The van der Waals surface area contributed by atoms with E-state index in [0.717, 1.165) is 6.07 Å². The van der Waals surface area contributed by atoms with E-state index in [1.165, 1.54) is 12.1 Å². The van der Waals surface area contributed by atoms with Crippen LogP contribution < -0.4 is 15.5 Å². The molecule has 3 aliphatic rings. The van der Waals surface area contributed by atoms with E-state index >= 15 is 0 Å². The standard InChI is InChI=1S/C24H18ClFN6O5/c1-9-8-32-18-14(7-24(20(32)10(2)36-9)21(33)29-23(35)30-22(24)34)28-17-16(31-37-19(17)15(18)25)11-4-5-13(27-3)12(26)6-11/h4-6,9-10,20H,7-8H2,1-2H3,(H2,29,30,33,34,35)/t9-,10+,20-/m1/s1. The fourth-order valence-corrected chi connectivity index (χ4v) is 6.03. The predicted molar refractivity (Wildman–Crippen MR) is 127 cm³/mol. The molecule has 188 valence electrons. The van der Waals surface area contributed by atoms with Crippen molar-refractivity contribution in [2.75, 3.05) is 11.4 Å². The molecule has 1 spiro atoms. The average molecular weight is 525 g/mol. The van der Waals surface area contributed by atoms with Gasteiger partial charge < -0.3 is 14.2 Å². The van der Waals surface area contributed by atoms with Crippen LogP contribution >= 0.6 is 11.6 Å². The van der Waals surface area contributed by atoms with E-state index in [-0.39, 0.29) is 46.6 Å². The van der Waals surface area contributed by atoms with Crippen molar-refractivity contribution >= 4 is 51.9 Å². The maximum absolute atomic E-state index is 14.4. The monoisotopic (exact) mass is 524 g/mol. The Kier molecular flexibility index (Phi) is 5.02. The number of imide groups is 2. The zero-order chi connectivity index (χ0) is 26.2. The molecule has 1 aromatic carbocycles. The Balaban J connectivity index is 1.58. The topological polar surface area (TPSA) is 131 Å². The summed E-state index contributed by atoms with van der Waals surface area (Å²) in [5, 5.41) is 8.67. The lowest BCUT2D eigenvalue weighted by molar-refractivity contribution is -0.153. The van der Waals surface area contributed by atoms with Gasteiger partial charge in [-0.1, -0.05) is 28.9 Å². The van der Waals surface area contributed by atoms with E-state index in [2.05, 4.69) is 20.6 Å². The van der Waals surface area contributed by atoms with Crippen molar-refractivity contribution in [1.29, 1.82) is 0 Å². The van der Waals surface area contributed by atoms with Gasteiger partial charge in [0.2, 0.25) is 23.1 Å². The zero-order valence-corrected chi connectivity index (χ0v) is 20.2. The zero-order valence-electron chi connectivity index (χ0n) is 19.5. The summed E-state index contributed by atoms with van der Waals surface area (Å²) in [6.07, 6.45) is -1.03. The van der Waals surface area contributed by atoms with Crippen LogP contribution in [0.5, 0.6) is 0 Å². The molecule has 11 nitrogen and oxygen atoms in total. The van der Waals surface area contributed by atoms with Gasteiger partial charge in [0.15, 0.2) is 5.41 Å². The molecule has 2 aromatic heterocycles. The molecule has 3 atom stereocenters. The lowest BCUT2D eigenvalue weighted by Crippen LogP contribution is -2.75. The minimum Gasteiger partial charge on any atom is -0.372 e. The Labute approximate surface area is 213 Å². The van der Waals surface area contributed by atoms with Gasteiger partial charge in [-0.3, -0.25) is 20.2 Å². The Morgan fingerprint density at radius 2 is 1.97 bits per heavy atom. The number of ether oxygens (including phenoxy) is 1. The van der Waals surface area contributed by atoms with Crippen LogP contribution in [-0.2, 0) is 20.7 Å². The van der Waals surface area contributed by atoms with Gasteiger partial charge in [-0.2, -0.15) is 0 Å². The lowest BCUT2D eigenvalue weighted by atomic mass is 9.67. The molecule has 37 heavy (non-hydrogen) atoms. The number of carbonyl (C=O) groups is 3. The summed E-state index contributed by atoms with van der Waals surface area (Å²) >= 11 is 6.85. The van der Waals surface area contributed by atoms with Crippen molar-refractivity contribution < 1.29 is 28.0 Å². The molecule has 5 heterocycles. The molecule has 3 aliphatic heterocycles. The number of carbonyl (C=O) groups excluding carboxylic acids is 3. The van der Waals surface area contributed by atoms with Crippen LogP contribution in [0.25, 0.3) is 27.2 Å². The van der Waals surface area contributed by atoms with Gasteiger partial charge in [-0.25, -0.2) is 19.0 Å². The Morgan fingerprint density at radius 1 is 1.24 bits per heavy atom. The molecule has 0 bridgehead atoms. The number of hydrogen-bond donors (Lipinski definition) is 2. The molecule has 2 saturated heterocycles. The highest BCUT2D eigenvalue weighted by Gasteiger charge is 2.63. The lowest BCUT2D eigenvalue weighted by Gasteiger charge is -2.55. The fraction of sp³-hybridized carbons (Fsp3) is 0.333. The summed E-state index contributed by atoms with van der Waals surface area (Å²) in [4.78, 5) is 48.2. The summed E-state index contributed by atoms with van der Waals surface area (Å²) in [5.74, 6) is -2.24. The summed E-state index contributed by atoms with van der Waals surface area (Å²) in [5.41, 5.74) is -0.240. The smallest absolute Gasteiger partial charge is 0.328 e. The highest BCUT2D eigenvalue weighted by molar-refractivity contribution is 6.38. The third-order valence-corrected chi connectivity index (χ3v) is 7.47. The van der Waals surface area contributed by atoms with Gasteiger partial charge in [0.05, 0.1) is 36.2 Å². The molecule has 0 saturated carbocycles. The minimum atomic E-state index is -1.73. The van der Waals surface area contributed by atoms with E-state index in [1.807, 2.05) is 11.8 Å². The number of aromatic nitrogens is 2. The molecule has 2 N–H and O–H groups in total. The second-order valence-corrected chi connectivity index (χ2v) is 9.72. The molecule has 13 heteroatoms. The van der Waals surface area contributed by atoms with E-state index in [0.29, 0.717) is 16.9 Å². The van der Waals surface area contributed by atoms with E-state index in [9.17, 15) is 18.8 Å². The quantitative estimate of drug-likeness (QED) is 0.367. The second-order valence-electron chi connectivity index (χ2n) is 9.34. The predicted octanol–water partition coefficient (Wildman–Crippen LogP) is 3.12. The molecule has 4 amide bonds. The molecule has 0 aliphatic carbocycles. The van der Waals surface area contributed by atoms with Gasteiger partial charge in [0.25, 0.3) is 0 Å². The van der Waals surface area contributed by atoms with Gasteiger partial charge in [0, 0.05) is 18.5 Å². The first-order valence-corrected chi connectivity index (χ1v) is 11.8. The van der Waals surface area contributed by atoms with E-state index in [4.69, 9.17) is 32.4 Å². The number of fused-ring (bicyclic) bond motifs is 5. The normalized spacial score (nSPS) is 24.4. The van der Waals surface area contributed by atoms with Crippen LogP contribution in [0.1, 0.15) is 19.5 Å². The molecule has 0 radical (unpaired) electrons. The van der Waals surface area contributed by atoms with Gasteiger partial charge in [-0.15, -0.1) is 0 Å². The Bertz CT molecular complexity index is 1560. The molecule has 3 aromatic rings. The number of benzene rings is 1. The number of rotatable bonds is 1. The van der Waals surface area contributed by atoms with Crippen molar-refractivity contribution in [3.8, 4) is 11.3 Å². The van der Waals surface area contributed by atoms with E-state index in [1.54, 1.807) is 6.92 Å². The van der Waals surface area contributed by atoms with Crippen LogP contribution in [0.3, 0.4) is 0 Å². The number of hydrogen-bond acceptors (Lipinski definition) is 8. The first-order chi connectivity index (χ1) is 17.6. The number of nitrogens with one attached hydrogen (secondary N) is 2. The first kappa shape index (κ1) is 23.3. The van der Waals surface area contributed by atoms with E-state index < -0.39 is 41.2 Å². The Morgan fingerprint density at radius 3 is 2.65 bits per heavy atom. The van der Waals surface area contributed by atoms with Crippen LogP contribution in [-0.4, -0.2) is 52.8 Å². The number of morpholine rings is 1. The summed E-state index contributed by atoms with van der Waals surface area (Å²) in [7, 11) is 0. The van der Waals surface area contributed by atoms with Gasteiger partial charge in [-0.05, 0) is 19.9 Å². The van der Waals surface area contributed by atoms with Crippen LogP contribution in [0.15, 0.2) is 22.7 Å². The van der Waals surface area contributed by atoms with Crippen molar-refractivity contribution in [3.05, 3.63) is 46.2 Å². The maximum Gasteiger partial charge on any atom is 0.328 e. The molecule has 2 fully saturated rings. The van der Waals surface area contributed by atoms with Crippen molar-refractivity contribution in [2.45, 2.75) is 38.5 Å². The van der Waals surface area contributed by atoms with Crippen LogP contribution in [0, 0.1) is 17.8 Å². The highest BCUT2D eigenvalue weighted by Crippen LogP contribution is 2.50. The number of urea groups is 1. The second kappa shape index (κ2) is 7.96. The van der Waals surface area contributed by atoms with Crippen LogP contribution in [0.2, 0.25) is 5.02 Å². The minimum absolute atomic E-state index is 0.146. The number of amides is 4. The Hall–Kier alpha value is -4.08. The molecule has 0 unspecified atom stereocenters. The maximum atomic E-state index is 14.4. The number of nitrogens with zero attached hydrogens (tertiary/aromatic N) is 4. The fourth-order valence-electron chi connectivity index (χ4n) is 5.69. The van der Waals surface area contributed by atoms with Crippen molar-refractivity contribution in [3.63, 3.8) is 0 Å². The highest BCUT2D eigenvalue weighted by atomic mass is 35.5. The number of barbiturate groups is 1. The van der Waals surface area contributed by atoms with Crippen molar-refractivity contribution in [2.24, 2.45) is 5.41 Å². The van der Waals surface area contributed by atoms with Gasteiger partial charge in [0.1, 0.15) is 22.1 Å². The summed E-state index contributed by atoms with van der Waals surface area (Å²) in [6.45, 7) is 11.0. The molecule has 6 rings (SSSR count). The first-order valence-electron chi connectivity index (χ1n) is 11.4. The van der Waals surface area contributed by atoms with Crippen molar-refractivity contribution in [1.82, 2.24) is 20.8 Å². The van der Waals surface area contributed by atoms with Crippen LogP contribution in [0.4, 0.5) is 20.6 Å². The number of halogens is 2. The molecular weight excluding hydrogens is 507 g/mol.